The van der Waals surface area contributed by atoms with Gasteiger partial charge in [0.15, 0.2) is 9.84 Å². The number of hydrogen-bond acceptors (Lipinski definition) is 4. The van der Waals surface area contributed by atoms with Gasteiger partial charge >= 0.3 is 0 Å². The SMILES string of the molecule is CCc1cccc(NC(C)C(=O)N(CC)C2CCS(=O)(=O)C2)c1. The number of likely N-dealkylation sites (N-methyl/N-ethyl adjacent to an activating group) is 1. The van der Waals surface area contributed by atoms with Crippen LogP contribution in [0.1, 0.15) is 32.8 Å². The second-order valence-electron chi connectivity index (χ2n) is 6.10. The summed E-state index contributed by atoms with van der Waals surface area (Å²) in [7, 11) is -2.99. The molecule has 1 aromatic rings. The van der Waals surface area contributed by atoms with E-state index >= 15 is 0 Å². The number of rotatable bonds is 6. The van der Waals surface area contributed by atoms with Gasteiger partial charge in [-0.2, -0.15) is 0 Å². The predicted molar refractivity (Wildman–Crippen MR) is 93.4 cm³/mol. The molecule has 1 aliphatic rings. The molecule has 2 atom stereocenters. The van der Waals surface area contributed by atoms with Gasteiger partial charge in [-0.1, -0.05) is 19.1 Å². The lowest BCUT2D eigenvalue weighted by molar-refractivity contribution is -0.133. The minimum Gasteiger partial charge on any atom is -0.374 e. The van der Waals surface area contributed by atoms with Crippen LogP contribution in [0, 0.1) is 0 Å². The van der Waals surface area contributed by atoms with Crippen molar-refractivity contribution >= 4 is 21.4 Å². The Hall–Kier alpha value is -1.56. The smallest absolute Gasteiger partial charge is 0.245 e. The van der Waals surface area contributed by atoms with Gasteiger partial charge in [0.05, 0.1) is 11.5 Å². The third-order valence-corrected chi connectivity index (χ3v) is 6.11. The molecule has 6 heteroatoms. The molecular weight excluding hydrogens is 312 g/mol. The Kier molecular flexibility index (Phi) is 5.68. The fourth-order valence-corrected chi connectivity index (χ4v) is 4.79. The normalized spacial score (nSPS) is 20.9. The van der Waals surface area contributed by atoms with Crippen LogP contribution in [0.25, 0.3) is 0 Å². The molecule has 0 aromatic heterocycles. The van der Waals surface area contributed by atoms with Crippen LogP contribution >= 0.6 is 0 Å². The van der Waals surface area contributed by atoms with Crippen molar-refractivity contribution < 1.29 is 13.2 Å². The van der Waals surface area contributed by atoms with E-state index in [2.05, 4.69) is 18.3 Å². The van der Waals surface area contributed by atoms with Gasteiger partial charge in [-0.25, -0.2) is 8.42 Å². The van der Waals surface area contributed by atoms with Gasteiger partial charge in [0.25, 0.3) is 0 Å². The number of nitrogens with one attached hydrogen (secondary N) is 1. The average Bonchev–Trinajstić information content (AvgIpc) is 2.88. The standard InChI is InChI=1S/C17H26N2O3S/c1-4-14-7-6-8-15(11-14)18-13(3)17(20)19(5-2)16-9-10-23(21,22)12-16/h6-8,11,13,16,18H,4-5,9-10,12H2,1-3H3. The molecule has 1 saturated heterocycles. The van der Waals surface area contributed by atoms with Crippen LogP contribution in [0.5, 0.6) is 0 Å². The highest BCUT2D eigenvalue weighted by Crippen LogP contribution is 2.19. The number of hydrogen-bond donors (Lipinski definition) is 1. The molecule has 1 amide bonds. The lowest BCUT2D eigenvalue weighted by atomic mass is 10.1. The zero-order chi connectivity index (χ0) is 17.0. The highest BCUT2D eigenvalue weighted by molar-refractivity contribution is 7.91. The van der Waals surface area contributed by atoms with Crippen molar-refractivity contribution in [3.63, 3.8) is 0 Å². The maximum absolute atomic E-state index is 12.7. The first-order valence-electron chi connectivity index (χ1n) is 8.22. The quantitative estimate of drug-likeness (QED) is 0.862. The largest absolute Gasteiger partial charge is 0.374 e. The monoisotopic (exact) mass is 338 g/mol. The molecular formula is C17H26N2O3S. The maximum atomic E-state index is 12.7. The van der Waals surface area contributed by atoms with Crippen molar-refractivity contribution in [2.45, 2.75) is 45.7 Å². The van der Waals surface area contributed by atoms with Crippen molar-refractivity contribution in [3.05, 3.63) is 29.8 Å². The number of carbonyl (C=O) groups excluding carboxylic acids is 1. The maximum Gasteiger partial charge on any atom is 0.245 e. The Bertz CT molecular complexity index is 658. The van der Waals surface area contributed by atoms with E-state index in [0.717, 1.165) is 12.1 Å². The van der Waals surface area contributed by atoms with E-state index in [-0.39, 0.29) is 29.5 Å². The van der Waals surface area contributed by atoms with Crippen LogP contribution in [0.15, 0.2) is 24.3 Å². The summed E-state index contributed by atoms with van der Waals surface area (Å²) in [5.74, 6) is 0.225. The summed E-state index contributed by atoms with van der Waals surface area (Å²) in [5, 5.41) is 3.23. The number of amides is 1. The Balaban J connectivity index is 2.05. The molecule has 1 N–H and O–H groups in total. The van der Waals surface area contributed by atoms with E-state index in [4.69, 9.17) is 0 Å². The molecule has 1 aliphatic heterocycles. The van der Waals surface area contributed by atoms with Crippen LogP contribution in [0.3, 0.4) is 0 Å². The van der Waals surface area contributed by atoms with E-state index in [1.54, 1.807) is 4.90 Å². The van der Waals surface area contributed by atoms with Gasteiger partial charge in [0.1, 0.15) is 6.04 Å². The van der Waals surface area contributed by atoms with Crippen LogP contribution in [-0.2, 0) is 21.1 Å². The summed E-state index contributed by atoms with van der Waals surface area (Å²) in [5.41, 5.74) is 2.13. The summed E-state index contributed by atoms with van der Waals surface area (Å²) < 4.78 is 23.3. The summed E-state index contributed by atoms with van der Waals surface area (Å²) in [6, 6.07) is 7.44. The van der Waals surface area contributed by atoms with E-state index < -0.39 is 9.84 Å². The Morgan fingerprint density at radius 3 is 2.70 bits per heavy atom. The average molecular weight is 338 g/mol. The molecule has 0 bridgehead atoms. The molecule has 2 rings (SSSR count). The minimum absolute atomic E-state index is 0.0449. The first-order valence-corrected chi connectivity index (χ1v) is 10.0. The van der Waals surface area contributed by atoms with Crippen molar-refractivity contribution in [2.24, 2.45) is 0 Å². The first-order chi connectivity index (χ1) is 10.9. The molecule has 128 valence electrons. The summed E-state index contributed by atoms with van der Waals surface area (Å²) in [6.07, 6.45) is 1.48. The van der Waals surface area contributed by atoms with Crippen molar-refractivity contribution in [2.75, 3.05) is 23.4 Å². The second kappa shape index (κ2) is 7.34. The number of anilines is 1. The molecule has 5 nitrogen and oxygen atoms in total. The number of carbonyl (C=O) groups is 1. The summed E-state index contributed by atoms with van der Waals surface area (Å²) in [6.45, 7) is 6.34. The molecule has 0 spiro atoms. The third kappa shape index (κ3) is 4.47. The number of sulfone groups is 1. The summed E-state index contributed by atoms with van der Waals surface area (Å²) >= 11 is 0. The van der Waals surface area contributed by atoms with E-state index in [9.17, 15) is 13.2 Å². The molecule has 2 unspecified atom stereocenters. The zero-order valence-corrected chi connectivity index (χ0v) is 14.9. The number of aryl methyl sites for hydroxylation is 1. The Morgan fingerprint density at radius 1 is 1.39 bits per heavy atom. The number of nitrogens with zero attached hydrogens (tertiary/aromatic N) is 1. The van der Waals surface area contributed by atoms with E-state index in [1.807, 2.05) is 32.0 Å². The van der Waals surface area contributed by atoms with Crippen LogP contribution in [0.2, 0.25) is 0 Å². The Morgan fingerprint density at radius 2 is 2.13 bits per heavy atom. The molecule has 0 radical (unpaired) electrons. The molecule has 1 fully saturated rings. The first kappa shape index (κ1) is 17.8. The minimum atomic E-state index is -2.99. The van der Waals surface area contributed by atoms with Crippen LogP contribution in [0.4, 0.5) is 5.69 Å². The van der Waals surface area contributed by atoms with Gasteiger partial charge in [0, 0.05) is 18.3 Å². The van der Waals surface area contributed by atoms with Crippen molar-refractivity contribution in [3.8, 4) is 0 Å². The highest BCUT2D eigenvalue weighted by atomic mass is 32.2. The topological polar surface area (TPSA) is 66.5 Å². The molecule has 0 aliphatic carbocycles. The van der Waals surface area contributed by atoms with Crippen molar-refractivity contribution in [1.29, 1.82) is 0 Å². The van der Waals surface area contributed by atoms with Crippen molar-refractivity contribution in [1.82, 2.24) is 4.90 Å². The van der Waals surface area contributed by atoms with Crippen LogP contribution in [-0.4, -0.2) is 49.4 Å². The predicted octanol–water partition coefficient (Wildman–Crippen LogP) is 2.08. The third-order valence-electron chi connectivity index (χ3n) is 4.36. The fraction of sp³-hybridized carbons (Fsp3) is 0.588. The van der Waals surface area contributed by atoms with Crippen LogP contribution < -0.4 is 5.32 Å². The van der Waals surface area contributed by atoms with Gasteiger partial charge in [-0.05, 0) is 44.4 Å². The van der Waals surface area contributed by atoms with Gasteiger partial charge in [0.2, 0.25) is 5.91 Å². The second-order valence-corrected chi connectivity index (χ2v) is 8.33. The lowest BCUT2D eigenvalue weighted by Gasteiger charge is -2.30. The molecule has 1 aromatic carbocycles. The zero-order valence-electron chi connectivity index (χ0n) is 14.1. The fourth-order valence-electron chi connectivity index (χ4n) is 3.06. The lowest BCUT2D eigenvalue weighted by Crippen LogP contribution is -2.47. The Labute approximate surface area is 139 Å². The molecule has 0 saturated carbocycles. The van der Waals surface area contributed by atoms with Gasteiger partial charge < -0.3 is 10.2 Å². The number of benzene rings is 1. The highest BCUT2D eigenvalue weighted by Gasteiger charge is 2.35. The van der Waals surface area contributed by atoms with E-state index in [0.29, 0.717) is 13.0 Å². The van der Waals surface area contributed by atoms with Gasteiger partial charge in [-0.3, -0.25) is 4.79 Å². The van der Waals surface area contributed by atoms with Gasteiger partial charge in [-0.15, -0.1) is 0 Å². The summed E-state index contributed by atoms with van der Waals surface area (Å²) in [4.78, 5) is 14.4. The molecule has 23 heavy (non-hydrogen) atoms. The molecule has 1 heterocycles. The van der Waals surface area contributed by atoms with E-state index in [1.165, 1.54) is 5.56 Å².